The molecule has 134 valence electrons. The summed E-state index contributed by atoms with van der Waals surface area (Å²) in [6, 6.07) is 7.54. The van der Waals surface area contributed by atoms with Gasteiger partial charge in [0, 0.05) is 22.5 Å². The first-order valence-corrected chi connectivity index (χ1v) is 8.95. The lowest BCUT2D eigenvalue weighted by Gasteiger charge is -2.07. The number of aromatic nitrogens is 1. The molecule has 1 heterocycles. The summed E-state index contributed by atoms with van der Waals surface area (Å²) >= 11 is 6.45. The minimum atomic E-state index is -0.773. The predicted molar refractivity (Wildman–Crippen MR) is 95.4 cm³/mol. The zero-order valence-corrected chi connectivity index (χ0v) is 15.3. The van der Waals surface area contributed by atoms with Crippen molar-refractivity contribution in [3.8, 4) is 16.3 Å². The van der Waals surface area contributed by atoms with Crippen molar-refractivity contribution in [3.63, 3.8) is 0 Å². The molecule has 0 aliphatic carbocycles. The first kappa shape index (κ1) is 19.2. The van der Waals surface area contributed by atoms with Crippen LogP contribution in [0.25, 0.3) is 10.6 Å². The van der Waals surface area contributed by atoms with E-state index in [-0.39, 0.29) is 0 Å². The lowest BCUT2D eigenvalue weighted by molar-refractivity contribution is 0.0595. The van der Waals surface area contributed by atoms with Crippen molar-refractivity contribution in [3.05, 3.63) is 35.3 Å². The number of benzene rings is 1. The Morgan fingerprint density at radius 3 is 2.76 bits per heavy atom. The van der Waals surface area contributed by atoms with Crippen molar-refractivity contribution in [2.45, 2.75) is 19.3 Å². The smallest absolute Gasteiger partial charge is 0.403 e. The summed E-state index contributed by atoms with van der Waals surface area (Å²) in [5.41, 5.74) is 0.406. The maximum atomic E-state index is 11.5. The lowest BCUT2D eigenvalue weighted by Crippen LogP contribution is -2.01. The van der Waals surface area contributed by atoms with Gasteiger partial charge in [-0.2, -0.15) is 0 Å². The number of nitrogens with zero attached hydrogens (tertiary/aromatic N) is 1. The summed E-state index contributed by atoms with van der Waals surface area (Å²) in [6.45, 7) is 0.883. The van der Waals surface area contributed by atoms with E-state index in [0.29, 0.717) is 18.9 Å². The molecule has 0 spiro atoms. The van der Waals surface area contributed by atoms with E-state index >= 15 is 0 Å². The van der Waals surface area contributed by atoms with Crippen molar-refractivity contribution < 1.29 is 23.8 Å². The number of carbonyl (C=O) groups excluding carboxylic acids is 2. The third kappa shape index (κ3) is 6.36. The molecule has 0 N–H and O–H groups in total. The van der Waals surface area contributed by atoms with Gasteiger partial charge in [0.15, 0.2) is 5.69 Å². The highest BCUT2D eigenvalue weighted by Gasteiger charge is 2.12. The van der Waals surface area contributed by atoms with Crippen molar-refractivity contribution in [2.75, 3.05) is 20.3 Å². The van der Waals surface area contributed by atoms with Gasteiger partial charge in [0.2, 0.25) is 0 Å². The number of ether oxygens (including phenoxy) is 3. The molecule has 6 nitrogen and oxygen atoms in total. The second kappa shape index (κ2) is 10.0. The van der Waals surface area contributed by atoms with Crippen LogP contribution in [0.15, 0.2) is 29.6 Å². The Balaban J connectivity index is 1.82. The molecule has 2 rings (SSSR count). The molecular formula is C17H18ClNO5S. The van der Waals surface area contributed by atoms with Crippen LogP contribution < -0.4 is 4.74 Å². The quantitative estimate of drug-likeness (QED) is 0.360. The summed E-state index contributed by atoms with van der Waals surface area (Å²) in [7, 11) is 1.33. The van der Waals surface area contributed by atoms with Crippen molar-refractivity contribution >= 4 is 34.3 Å². The van der Waals surface area contributed by atoms with Crippen LogP contribution in [0, 0.1) is 0 Å². The molecule has 2 aromatic rings. The van der Waals surface area contributed by atoms with Crippen LogP contribution in [-0.4, -0.2) is 36.7 Å². The Morgan fingerprint density at radius 2 is 2.00 bits per heavy atom. The van der Waals surface area contributed by atoms with Crippen LogP contribution >= 0.6 is 22.9 Å². The van der Waals surface area contributed by atoms with Gasteiger partial charge in [0.05, 0.1) is 20.3 Å². The fourth-order valence-corrected chi connectivity index (χ4v) is 2.91. The maximum Gasteiger partial charge on any atom is 0.403 e. The van der Waals surface area contributed by atoms with E-state index in [0.717, 1.165) is 35.6 Å². The highest BCUT2D eigenvalue weighted by molar-refractivity contribution is 7.13. The van der Waals surface area contributed by atoms with E-state index < -0.39 is 11.4 Å². The largest absolute Gasteiger partial charge is 0.494 e. The molecule has 0 saturated heterocycles. The molecule has 0 unspecified atom stereocenters. The lowest BCUT2D eigenvalue weighted by atomic mass is 10.2. The summed E-state index contributed by atoms with van der Waals surface area (Å²) in [4.78, 5) is 26.2. The third-order valence-corrected chi connectivity index (χ3v) is 4.25. The van der Waals surface area contributed by atoms with Gasteiger partial charge < -0.3 is 14.2 Å². The predicted octanol–water partition coefficient (Wildman–Crippen LogP) is 4.52. The topological polar surface area (TPSA) is 74.7 Å². The molecule has 0 aliphatic heterocycles. The van der Waals surface area contributed by atoms with Crippen LogP contribution in [0.2, 0.25) is 0 Å². The first-order valence-electron chi connectivity index (χ1n) is 7.69. The Hall–Kier alpha value is -2.12. The number of carbonyl (C=O) groups is 2. The second-order valence-electron chi connectivity index (χ2n) is 5.05. The van der Waals surface area contributed by atoms with Crippen LogP contribution in [0.1, 0.15) is 29.8 Å². The summed E-state index contributed by atoms with van der Waals surface area (Å²) in [5, 5.41) is 2.40. The number of thiazole rings is 1. The molecule has 0 atom stereocenters. The Morgan fingerprint density at radius 1 is 1.20 bits per heavy atom. The van der Waals surface area contributed by atoms with E-state index in [1.54, 1.807) is 5.38 Å². The van der Waals surface area contributed by atoms with Gasteiger partial charge in [-0.25, -0.2) is 14.6 Å². The van der Waals surface area contributed by atoms with Gasteiger partial charge in [0.1, 0.15) is 10.8 Å². The van der Waals surface area contributed by atoms with Crippen LogP contribution in [0.4, 0.5) is 4.79 Å². The molecule has 1 aromatic heterocycles. The monoisotopic (exact) mass is 383 g/mol. The van der Waals surface area contributed by atoms with E-state index in [2.05, 4.69) is 14.5 Å². The number of hydrogen-bond acceptors (Lipinski definition) is 7. The zero-order valence-electron chi connectivity index (χ0n) is 13.7. The van der Waals surface area contributed by atoms with Crippen molar-refractivity contribution in [1.82, 2.24) is 4.98 Å². The van der Waals surface area contributed by atoms with Gasteiger partial charge in [-0.3, -0.25) is 0 Å². The van der Waals surface area contributed by atoms with Crippen LogP contribution in [-0.2, 0) is 9.47 Å². The minimum Gasteiger partial charge on any atom is -0.494 e. The van der Waals surface area contributed by atoms with Gasteiger partial charge in [0.25, 0.3) is 0 Å². The van der Waals surface area contributed by atoms with Crippen molar-refractivity contribution in [1.29, 1.82) is 0 Å². The summed E-state index contributed by atoms with van der Waals surface area (Å²) in [5.74, 6) is 0.286. The standard InChI is InChI=1S/C17H18ClNO5S/c1-22-16(20)14-11-25-15(19-14)12-6-5-7-13(10-12)23-8-3-2-4-9-24-17(18)21/h5-7,10-11H,2-4,8-9H2,1H3. The Labute approximate surface area is 154 Å². The molecule has 25 heavy (non-hydrogen) atoms. The highest BCUT2D eigenvalue weighted by atomic mass is 35.5. The molecule has 0 fully saturated rings. The summed E-state index contributed by atoms with van der Waals surface area (Å²) in [6.07, 6.45) is 2.46. The van der Waals surface area contributed by atoms with E-state index in [1.165, 1.54) is 18.4 Å². The Kier molecular flexibility index (Phi) is 7.69. The van der Waals surface area contributed by atoms with Gasteiger partial charge >= 0.3 is 11.4 Å². The van der Waals surface area contributed by atoms with E-state index in [9.17, 15) is 9.59 Å². The SMILES string of the molecule is COC(=O)c1csc(-c2cccc(OCCCCCOC(=O)Cl)c2)n1. The molecule has 0 saturated carbocycles. The average Bonchev–Trinajstić information content (AvgIpc) is 3.10. The third-order valence-electron chi connectivity index (χ3n) is 3.25. The Bertz CT molecular complexity index is 719. The maximum absolute atomic E-state index is 11.5. The van der Waals surface area contributed by atoms with E-state index in [4.69, 9.17) is 16.3 Å². The number of rotatable bonds is 9. The number of methoxy groups -OCH3 is 1. The molecule has 8 heteroatoms. The van der Waals surface area contributed by atoms with Crippen LogP contribution in [0.5, 0.6) is 5.75 Å². The number of esters is 1. The fourth-order valence-electron chi connectivity index (χ4n) is 2.05. The van der Waals surface area contributed by atoms with Gasteiger partial charge in [-0.15, -0.1) is 11.3 Å². The van der Waals surface area contributed by atoms with Gasteiger partial charge in [-0.1, -0.05) is 12.1 Å². The molecular weight excluding hydrogens is 366 g/mol. The molecule has 0 amide bonds. The number of halogens is 1. The molecule has 0 aliphatic rings. The van der Waals surface area contributed by atoms with Gasteiger partial charge in [-0.05, 0) is 31.4 Å². The molecule has 0 bridgehead atoms. The van der Waals surface area contributed by atoms with Crippen LogP contribution in [0.3, 0.4) is 0 Å². The molecule has 0 radical (unpaired) electrons. The minimum absolute atomic E-state index is 0.298. The second-order valence-corrected chi connectivity index (χ2v) is 6.22. The number of unbranched alkanes of at least 4 members (excludes halogenated alkanes) is 2. The summed E-state index contributed by atoms with van der Waals surface area (Å²) < 4.78 is 15.0. The number of hydrogen-bond donors (Lipinski definition) is 0. The first-order chi connectivity index (χ1) is 12.1. The average molecular weight is 384 g/mol. The zero-order chi connectivity index (χ0) is 18.1. The van der Waals surface area contributed by atoms with Crippen molar-refractivity contribution in [2.24, 2.45) is 0 Å². The fraction of sp³-hybridized carbons (Fsp3) is 0.353. The van der Waals surface area contributed by atoms with E-state index in [1.807, 2.05) is 24.3 Å². The highest BCUT2D eigenvalue weighted by Crippen LogP contribution is 2.27. The molecule has 1 aromatic carbocycles. The normalized spacial score (nSPS) is 10.3.